The maximum Gasteiger partial charge on any atom is 0.323 e. The van der Waals surface area contributed by atoms with Crippen LogP contribution in [-0.2, 0) is 16.0 Å². The molecule has 1 aliphatic heterocycles. The van der Waals surface area contributed by atoms with E-state index in [2.05, 4.69) is 36.3 Å². The predicted octanol–water partition coefficient (Wildman–Crippen LogP) is 3.09. The van der Waals surface area contributed by atoms with Crippen LogP contribution in [0.25, 0.3) is 10.9 Å². The molecule has 0 aliphatic carbocycles. The molecule has 2 N–H and O–H groups in total. The molecule has 1 aromatic carbocycles. The normalized spacial score (nSPS) is 21.2. The molecule has 2 aromatic rings. The van der Waals surface area contributed by atoms with E-state index in [1.54, 1.807) is 0 Å². The first-order valence-electron chi connectivity index (χ1n) is 7.73. The van der Waals surface area contributed by atoms with Crippen LogP contribution in [0.3, 0.4) is 0 Å². The van der Waals surface area contributed by atoms with Gasteiger partial charge in [-0.05, 0) is 25.0 Å². The van der Waals surface area contributed by atoms with Crippen LogP contribution in [0, 0.1) is 0 Å². The molecule has 21 heavy (non-hydrogen) atoms. The Morgan fingerprint density at radius 1 is 1.38 bits per heavy atom. The average Bonchev–Trinajstić information content (AvgIpc) is 2.87. The minimum atomic E-state index is -0.247. The number of carbonyl (C=O) groups is 1. The monoisotopic (exact) mass is 286 g/mol. The molecule has 1 aromatic heterocycles. The van der Waals surface area contributed by atoms with Crippen molar-refractivity contribution in [2.75, 3.05) is 6.61 Å². The topological polar surface area (TPSA) is 54.1 Å². The first-order valence-corrected chi connectivity index (χ1v) is 7.73. The number of fused-ring (bicyclic) bond motifs is 3. The van der Waals surface area contributed by atoms with Crippen LogP contribution in [0.2, 0.25) is 0 Å². The molecule has 0 spiro atoms. The highest BCUT2D eigenvalue weighted by atomic mass is 16.5. The van der Waals surface area contributed by atoms with Gasteiger partial charge >= 0.3 is 5.97 Å². The van der Waals surface area contributed by atoms with Gasteiger partial charge < -0.3 is 9.72 Å². The Labute approximate surface area is 124 Å². The molecule has 0 unspecified atom stereocenters. The molecule has 1 aliphatic rings. The van der Waals surface area contributed by atoms with Crippen molar-refractivity contribution in [3.8, 4) is 0 Å². The van der Waals surface area contributed by atoms with Crippen LogP contribution in [0.1, 0.15) is 44.0 Å². The van der Waals surface area contributed by atoms with Crippen LogP contribution in [0.4, 0.5) is 0 Å². The number of para-hydroxylation sites is 1. The van der Waals surface area contributed by atoms with Crippen LogP contribution >= 0.6 is 0 Å². The third-order valence-electron chi connectivity index (χ3n) is 4.17. The number of nitrogens with one attached hydrogen (secondary N) is 2. The Balaban J connectivity index is 1.82. The van der Waals surface area contributed by atoms with E-state index >= 15 is 0 Å². The second kappa shape index (κ2) is 5.90. The van der Waals surface area contributed by atoms with Crippen LogP contribution in [0.5, 0.6) is 0 Å². The van der Waals surface area contributed by atoms with Crippen molar-refractivity contribution in [1.29, 1.82) is 0 Å². The molecule has 0 fully saturated rings. The molecule has 0 saturated carbocycles. The standard InChI is InChI=1S/C17H22N2O2/c1-3-4-9-21-17(20)15-10-13-12-7-5-6-8-14(12)19-16(13)11(2)18-15/h5-8,11,15,18-19H,3-4,9-10H2,1-2H3/t11-,15+/m0/s1. The van der Waals surface area contributed by atoms with E-state index in [0.717, 1.165) is 18.4 Å². The summed E-state index contributed by atoms with van der Waals surface area (Å²) in [7, 11) is 0. The molecule has 0 bridgehead atoms. The molecule has 2 heterocycles. The lowest BCUT2D eigenvalue weighted by Gasteiger charge is -2.27. The minimum Gasteiger partial charge on any atom is -0.465 e. The summed E-state index contributed by atoms with van der Waals surface area (Å²) in [6, 6.07) is 8.14. The van der Waals surface area contributed by atoms with E-state index in [-0.39, 0.29) is 18.1 Å². The Morgan fingerprint density at radius 2 is 2.19 bits per heavy atom. The quantitative estimate of drug-likeness (QED) is 0.671. The number of H-pyrrole nitrogens is 1. The van der Waals surface area contributed by atoms with Gasteiger partial charge in [0.1, 0.15) is 6.04 Å². The summed E-state index contributed by atoms with van der Waals surface area (Å²) in [4.78, 5) is 15.7. The SMILES string of the molecule is CCCCOC(=O)[C@H]1Cc2c([nH]c3ccccc23)[C@H](C)N1. The molecule has 3 rings (SSSR count). The summed E-state index contributed by atoms with van der Waals surface area (Å²) < 4.78 is 5.36. The fourth-order valence-corrected chi connectivity index (χ4v) is 3.03. The molecular formula is C17H22N2O2. The van der Waals surface area contributed by atoms with E-state index in [4.69, 9.17) is 4.74 Å². The summed E-state index contributed by atoms with van der Waals surface area (Å²) in [6.45, 7) is 4.69. The highest BCUT2D eigenvalue weighted by Crippen LogP contribution is 2.31. The second-order valence-electron chi connectivity index (χ2n) is 5.73. The number of hydrogen-bond acceptors (Lipinski definition) is 3. The minimum absolute atomic E-state index is 0.130. The second-order valence-corrected chi connectivity index (χ2v) is 5.73. The molecule has 2 atom stereocenters. The summed E-state index contributed by atoms with van der Waals surface area (Å²) in [5, 5.41) is 4.57. The Hall–Kier alpha value is -1.81. The van der Waals surface area contributed by atoms with E-state index in [1.165, 1.54) is 16.6 Å². The van der Waals surface area contributed by atoms with Crippen molar-refractivity contribution in [3.05, 3.63) is 35.5 Å². The maximum atomic E-state index is 12.2. The molecule has 0 radical (unpaired) electrons. The lowest BCUT2D eigenvalue weighted by atomic mass is 9.94. The fourth-order valence-electron chi connectivity index (χ4n) is 3.03. The zero-order valence-corrected chi connectivity index (χ0v) is 12.6. The van der Waals surface area contributed by atoms with Gasteiger partial charge in [-0.25, -0.2) is 0 Å². The van der Waals surface area contributed by atoms with Gasteiger partial charge in [0.25, 0.3) is 0 Å². The van der Waals surface area contributed by atoms with Gasteiger partial charge in [0.05, 0.1) is 6.61 Å². The van der Waals surface area contributed by atoms with Gasteiger partial charge in [0.15, 0.2) is 0 Å². The summed E-state index contributed by atoms with van der Waals surface area (Å²) in [5.41, 5.74) is 3.57. The number of aromatic amines is 1. The number of aromatic nitrogens is 1. The van der Waals surface area contributed by atoms with Gasteiger partial charge in [-0.15, -0.1) is 0 Å². The number of rotatable bonds is 4. The lowest BCUT2D eigenvalue weighted by molar-refractivity contribution is -0.146. The molecule has 112 valence electrons. The van der Waals surface area contributed by atoms with Crippen LogP contribution in [-0.4, -0.2) is 23.6 Å². The van der Waals surface area contributed by atoms with E-state index < -0.39 is 0 Å². The summed E-state index contributed by atoms with van der Waals surface area (Å²) in [6.07, 6.45) is 2.65. The average molecular weight is 286 g/mol. The van der Waals surface area contributed by atoms with Gasteiger partial charge in [-0.2, -0.15) is 0 Å². The van der Waals surface area contributed by atoms with E-state index in [1.807, 2.05) is 12.1 Å². The summed E-state index contributed by atoms with van der Waals surface area (Å²) >= 11 is 0. The molecule has 4 nitrogen and oxygen atoms in total. The highest BCUT2D eigenvalue weighted by molar-refractivity contribution is 5.87. The van der Waals surface area contributed by atoms with Gasteiger partial charge in [-0.3, -0.25) is 10.1 Å². The Kier molecular flexibility index (Phi) is 3.97. The zero-order chi connectivity index (χ0) is 14.8. The Morgan fingerprint density at radius 3 is 3.00 bits per heavy atom. The van der Waals surface area contributed by atoms with Crippen molar-refractivity contribution in [3.63, 3.8) is 0 Å². The zero-order valence-electron chi connectivity index (χ0n) is 12.6. The number of ether oxygens (including phenoxy) is 1. The third kappa shape index (κ3) is 2.68. The largest absolute Gasteiger partial charge is 0.465 e. The number of unbranched alkanes of at least 4 members (excludes halogenated alkanes) is 1. The van der Waals surface area contributed by atoms with Crippen LogP contribution < -0.4 is 5.32 Å². The summed E-state index contributed by atoms with van der Waals surface area (Å²) in [5.74, 6) is -0.133. The molecule has 0 amide bonds. The van der Waals surface area contributed by atoms with Crippen molar-refractivity contribution >= 4 is 16.9 Å². The van der Waals surface area contributed by atoms with Gasteiger partial charge in [0, 0.05) is 29.1 Å². The molecule has 0 saturated heterocycles. The van der Waals surface area contributed by atoms with E-state index in [9.17, 15) is 4.79 Å². The molecular weight excluding hydrogens is 264 g/mol. The smallest absolute Gasteiger partial charge is 0.323 e. The van der Waals surface area contributed by atoms with Crippen molar-refractivity contribution in [1.82, 2.24) is 10.3 Å². The molecule has 4 heteroatoms. The van der Waals surface area contributed by atoms with Crippen molar-refractivity contribution in [2.45, 2.75) is 45.2 Å². The maximum absolute atomic E-state index is 12.2. The lowest BCUT2D eigenvalue weighted by Crippen LogP contribution is -2.44. The van der Waals surface area contributed by atoms with Crippen LogP contribution in [0.15, 0.2) is 24.3 Å². The van der Waals surface area contributed by atoms with Crippen molar-refractivity contribution < 1.29 is 9.53 Å². The van der Waals surface area contributed by atoms with Gasteiger partial charge in [0.2, 0.25) is 0 Å². The number of benzene rings is 1. The number of esters is 1. The Bertz CT molecular complexity index is 647. The van der Waals surface area contributed by atoms with E-state index in [0.29, 0.717) is 13.0 Å². The first-order chi connectivity index (χ1) is 10.2. The van der Waals surface area contributed by atoms with Gasteiger partial charge in [-0.1, -0.05) is 31.5 Å². The predicted molar refractivity (Wildman–Crippen MR) is 83.2 cm³/mol. The highest BCUT2D eigenvalue weighted by Gasteiger charge is 2.31. The van der Waals surface area contributed by atoms with Crippen molar-refractivity contribution in [2.24, 2.45) is 0 Å². The first kappa shape index (κ1) is 14.1. The number of hydrogen-bond donors (Lipinski definition) is 2. The third-order valence-corrected chi connectivity index (χ3v) is 4.17. The number of carbonyl (C=O) groups excluding carboxylic acids is 1. The fraction of sp³-hybridized carbons (Fsp3) is 0.471.